The minimum Gasteiger partial charge on any atom is -0.394 e. The number of carbonyl (C=O) groups is 3. The summed E-state index contributed by atoms with van der Waals surface area (Å²) in [6.45, 7) is 3.99. The number of ether oxygens (including phenoxy) is 7. The van der Waals surface area contributed by atoms with Gasteiger partial charge >= 0.3 is 0 Å². The molecule has 5 heterocycles. The van der Waals surface area contributed by atoms with E-state index in [9.17, 15) is 69.1 Å². The second-order valence-corrected chi connectivity index (χ2v) is 26.7. The molecule has 12 N–H and O–H groups in total. The van der Waals surface area contributed by atoms with E-state index in [1.807, 2.05) is 6.92 Å². The number of hydrogen-bond donors (Lipinski definition) is 12. The predicted molar refractivity (Wildman–Crippen MR) is 333 cm³/mol. The first-order chi connectivity index (χ1) is 46.0. The quantitative estimate of drug-likeness (QED) is 0.0388. The molecule has 3 saturated carbocycles. The van der Waals surface area contributed by atoms with Gasteiger partial charge in [0.1, 0.15) is 102 Å². The number of rotatable bonds is 25. The average molecular weight is 1360 g/mol. The van der Waals surface area contributed by atoms with Gasteiger partial charge in [-0.25, -0.2) is 18.1 Å². The molecule has 0 spiro atoms. The van der Waals surface area contributed by atoms with Crippen molar-refractivity contribution in [3.63, 3.8) is 0 Å². The van der Waals surface area contributed by atoms with E-state index in [-0.39, 0.29) is 67.4 Å². The highest BCUT2D eigenvalue weighted by Gasteiger charge is 2.54. The van der Waals surface area contributed by atoms with Crippen LogP contribution in [-0.2, 0) is 47.5 Å². The Kier molecular flexibility index (Phi) is 25.1. The summed E-state index contributed by atoms with van der Waals surface area (Å²) in [4.78, 5) is 43.0. The zero-order valence-corrected chi connectivity index (χ0v) is 54.5. The molecule has 532 valence electrons. The number of aliphatic hydroxyl groups is 9. The van der Waals surface area contributed by atoms with Gasteiger partial charge in [0.15, 0.2) is 18.9 Å². The van der Waals surface area contributed by atoms with Crippen molar-refractivity contribution in [2.45, 2.75) is 220 Å². The highest BCUT2D eigenvalue weighted by Crippen LogP contribution is 2.42. The maximum atomic E-state index is 14.5. The van der Waals surface area contributed by atoms with Crippen LogP contribution in [0.1, 0.15) is 103 Å². The number of likely N-dealkylation sites (N-methyl/N-ethyl adjacent to an activating group) is 1. The summed E-state index contributed by atoms with van der Waals surface area (Å²) in [5, 5.41) is 127. The summed E-state index contributed by atoms with van der Waals surface area (Å²) >= 11 is 0. The van der Waals surface area contributed by atoms with Crippen LogP contribution in [0.3, 0.4) is 0 Å². The first kappa shape index (κ1) is 73.0. The molecule has 0 bridgehead atoms. The molecular formula is C65H94F2N10O19. The molecule has 6 fully saturated rings. The molecule has 6 aliphatic rings. The molecule has 3 amide bonds. The van der Waals surface area contributed by atoms with Crippen LogP contribution in [0, 0.1) is 35.3 Å². The van der Waals surface area contributed by atoms with Gasteiger partial charge in [-0.3, -0.25) is 14.4 Å². The van der Waals surface area contributed by atoms with Crippen LogP contribution in [0.4, 0.5) is 8.78 Å². The zero-order chi connectivity index (χ0) is 68.6. The number of aliphatic hydroxyl groups excluding tert-OH is 9. The Bertz CT molecular complexity index is 3170. The Morgan fingerprint density at radius 3 is 1.95 bits per heavy atom. The molecule has 4 aromatic rings. The highest BCUT2D eigenvalue weighted by molar-refractivity contribution is 5.80. The fourth-order valence-electron chi connectivity index (χ4n) is 14.5. The first-order valence-corrected chi connectivity index (χ1v) is 33.4. The summed E-state index contributed by atoms with van der Waals surface area (Å²) in [7, 11) is 3.21. The second kappa shape index (κ2) is 33.0. The molecule has 10 rings (SSSR count). The third-order valence-electron chi connectivity index (χ3n) is 19.8. The normalized spacial score (nSPS) is 35.6. The third kappa shape index (κ3) is 17.1. The maximum absolute atomic E-state index is 14.5. The van der Waals surface area contributed by atoms with Crippen molar-refractivity contribution in [1.29, 1.82) is 0 Å². The van der Waals surface area contributed by atoms with Gasteiger partial charge in [0.2, 0.25) is 11.8 Å². The van der Waals surface area contributed by atoms with Crippen LogP contribution in [-0.4, -0.2) is 262 Å². The van der Waals surface area contributed by atoms with Crippen molar-refractivity contribution in [2.24, 2.45) is 23.7 Å². The topological polar surface area (TPSA) is 399 Å². The van der Waals surface area contributed by atoms with Crippen molar-refractivity contribution in [1.82, 2.24) is 50.8 Å². The monoisotopic (exact) mass is 1360 g/mol. The van der Waals surface area contributed by atoms with Gasteiger partial charge in [-0.2, -0.15) is 0 Å². The molecule has 29 nitrogen and oxygen atoms in total. The van der Waals surface area contributed by atoms with Crippen LogP contribution in [0.25, 0.3) is 22.5 Å². The lowest BCUT2D eigenvalue weighted by Gasteiger charge is -2.49. The van der Waals surface area contributed by atoms with Crippen LogP contribution < -0.4 is 16.0 Å². The van der Waals surface area contributed by atoms with Gasteiger partial charge in [-0.15, -0.1) is 10.2 Å². The fraction of sp³-hybridized carbons (Fsp3) is 0.708. The lowest BCUT2D eigenvalue weighted by atomic mass is 9.76. The van der Waals surface area contributed by atoms with Gasteiger partial charge in [0.05, 0.1) is 56.1 Å². The number of benzene rings is 2. The number of amides is 3. The number of hydrogen-bond acceptors (Lipinski definition) is 24. The molecule has 3 aliphatic carbocycles. The van der Waals surface area contributed by atoms with Crippen molar-refractivity contribution >= 4 is 17.7 Å². The molecule has 15 unspecified atom stereocenters. The van der Waals surface area contributed by atoms with Crippen molar-refractivity contribution < 1.29 is 102 Å². The van der Waals surface area contributed by atoms with Gasteiger partial charge in [0.25, 0.3) is 5.91 Å². The number of nitrogens with zero attached hydrogens (tertiary/aromatic N) is 7. The van der Waals surface area contributed by atoms with Gasteiger partial charge in [-0.05, 0) is 87.6 Å². The smallest absolute Gasteiger partial charge is 0.251 e. The second-order valence-electron chi connectivity index (χ2n) is 26.7. The lowest BCUT2D eigenvalue weighted by molar-refractivity contribution is -0.339. The molecule has 31 heteroatoms. The lowest BCUT2D eigenvalue weighted by Crippen LogP contribution is -2.67. The van der Waals surface area contributed by atoms with E-state index in [0.29, 0.717) is 36.9 Å². The molecule has 2 aromatic heterocycles. The predicted octanol–water partition coefficient (Wildman–Crippen LogP) is -0.00560. The summed E-state index contributed by atoms with van der Waals surface area (Å²) in [5.41, 5.74) is 1.24. The standard InChI is InChI=1S/C65H94F2N10O19/c1-6-36-20-35(22-46(59(36)96-65-58(87)57(86)52(81)32(2)90-65)93-63-50(70-33(3)80)60(55(84)49(31-79)94-63)91-47(62(89)75(4)5)21-34-12-8-7-9-13-34)27-68-18-19-69-61(88)39-25-44(76-28-42(71-73-76)37-14-10-16-40(66)23-37)53(82)45(26-39)92-64-56(85)51(54(83)48(30-78)95-64)77-29-43(72-74-77)38-15-11-17-41(67)24-38/h10-11,14-17,23-24,28-29,32,34-36,39,44-60,63-65,68,78-79,81-87H,6-9,12-13,18-22,25-27,30-31H2,1-5H3,(H,69,88)(H,70,80)/t32?,35?,36?,39?,44?,45-,46-,47+,48?,49?,50?,51?,52-,53?,54+,55+,56?,57?,58?,59?,60?,63-,64-,65+/m1/s1. The van der Waals surface area contributed by atoms with Gasteiger partial charge < -0.3 is 100.0 Å². The molecule has 0 radical (unpaired) electrons. The van der Waals surface area contributed by atoms with Crippen molar-refractivity contribution in [3.8, 4) is 22.5 Å². The van der Waals surface area contributed by atoms with Gasteiger partial charge in [-0.1, -0.05) is 80.1 Å². The van der Waals surface area contributed by atoms with Gasteiger partial charge in [0, 0.05) is 51.2 Å². The van der Waals surface area contributed by atoms with Crippen molar-refractivity contribution in [2.75, 3.05) is 46.9 Å². The Hall–Kier alpha value is -5.69. The highest BCUT2D eigenvalue weighted by atomic mass is 19.1. The number of carbonyl (C=O) groups excluding carboxylic acids is 3. The molecule has 2 aromatic carbocycles. The minimum atomic E-state index is -1.72. The molecule has 3 saturated heterocycles. The summed E-state index contributed by atoms with van der Waals surface area (Å²) in [5.74, 6) is -3.61. The van der Waals surface area contributed by atoms with Crippen LogP contribution in [0.2, 0.25) is 0 Å². The number of halogens is 2. The fourth-order valence-corrected chi connectivity index (χ4v) is 14.5. The van der Waals surface area contributed by atoms with E-state index >= 15 is 0 Å². The number of aromatic nitrogens is 6. The average Bonchev–Trinajstić information content (AvgIpc) is 1.13. The van der Waals surface area contributed by atoms with Crippen LogP contribution in [0.5, 0.6) is 0 Å². The maximum Gasteiger partial charge on any atom is 0.251 e. The van der Waals surface area contributed by atoms with E-state index in [4.69, 9.17) is 33.2 Å². The number of nitrogens with one attached hydrogen (secondary N) is 3. The summed E-state index contributed by atoms with van der Waals surface area (Å²) < 4.78 is 75.9. The summed E-state index contributed by atoms with van der Waals surface area (Å²) in [6.07, 6.45) is -15.4. The minimum absolute atomic E-state index is 0.00284. The van der Waals surface area contributed by atoms with E-state index in [0.717, 1.165) is 36.8 Å². The van der Waals surface area contributed by atoms with E-state index in [1.54, 1.807) is 26.2 Å². The molecule has 96 heavy (non-hydrogen) atoms. The van der Waals surface area contributed by atoms with Crippen molar-refractivity contribution in [3.05, 3.63) is 72.6 Å². The zero-order valence-electron chi connectivity index (χ0n) is 54.5. The Labute approximate surface area is 554 Å². The van der Waals surface area contributed by atoms with Crippen LogP contribution >= 0.6 is 0 Å². The SMILES string of the molecule is CCC1CC(CNCCNC(=O)C2CC(n3cc(-c4cccc(F)c4)nn3)C(O)[C@H](O[C@@H]3OC(CO)[C@H](O)C(n4cc(-c5cccc(F)c5)nn4)C3O)C2)C[C@@H](O[C@@H]2OC(CO)[C@H](O)C(O[C@@H](CC3CCCCC3)C(=O)N(C)C)C2NC(C)=O)C1O[C@@H]1OC(C)[C@@H](O)C(O)C1O. The first-order valence-electron chi connectivity index (χ1n) is 33.4. The van der Waals surface area contributed by atoms with Crippen LogP contribution in [0.15, 0.2) is 60.9 Å². The third-order valence-corrected chi connectivity index (χ3v) is 19.8. The Morgan fingerprint density at radius 2 is 1.31 bits per heavy atom. The van der Waals surface area contributed by atoms with E-state index < -0.39 is 171 Å². The Balaban J connectivity index is 0.847. The molecule has 24 atom stereocenters. The summed E-state index contributed by atoms with van der Waals surface area (Å²) in [6, 6.07) is 7.66. The molecular weight excluding hydrogens is 1260 g/mol. The largest absolute Gasteiger partial charge is 0.394 e. The van der Waals surface area contributed by atoms with E-state index in [1.165, 1.54) is 72.2 Å². The molecule has 3 aliphatic heterocycles. The van der Waals surface area contributed by atoms with E-state index in [2.05, 4.69) is 36.6 Å². The Morgan fingerprint density at radius 1 is 0.688 bits per heavy atom.